The van der Waals surface area contributed by atoms with Gasteiger partial charge in [0.05, 0.1) is 8.07 Å². The van der Waals surface area contributed by atoms with Gasteiger partial charge in [-0.25, -0.2) is 0 Å². The Hall–Kier alpha value is -1.87. The van der Waals surface area contributed by atoms with Gasteiger partial charge in [-0.2, -0.15) is 0 Å². The summed E-state index contributed by atoms with van der Waals surface area (Å²) in [6.45, 7) is 4.70. The van der Waals surface area contributed by atoms with Gasteiger partial charge in [0.15, 0.2) is 0 Å². The highest BCUT2D eigenvalue weighted by molar-refractivity contribution is 6.91. The van der Waals surface area contributed by atoms with Crippen LogP contribution in [0, 0.1) is 0 Å². The van der Waals surface area contributed by atoms with E-state index in [0.717, 1.165) is 0 Å². The van der Waals surface area contributed by atoms with Crippen LogP contribution < -0.4 is 10.5 Å². The van der Waals surface area contributed by atoms with Crippen molar-refractivity contribution in [2.75, 3.05) is 7.05 Å². The maximum absolute atomic E-state index is 12.0. The van der Waals surface area contributed by atoms with Crippen molar-refractivity contribution < 1.29 is 4.79 Å². The Morgan fingerprint density at radius 3 is 2.05 bits per heavy atom. The zero-order chi connectivity index (χ0) is 15.3. The normalized spacial score (nSPS) is 12.7. The molecular weight excluding hydrogens is 274 g/mol. The minimum absolute atomic E-state index is 0.111. The van der Waals surface area contributed by atoms with Gasteiger partial charge < -0.3 is 5.32 Å². The molecule has 0 radical (unpaired) electrons. The average Bonchev–Trinajstić information content (AvgIpc) is 2.53. The second-order valence-corrected chi connectivity index (χ2v) is 10.6. The zero-order valence-corrected chi connectivity index (χ0v) is 14.0. The molecule has 21 heavy (non-hydrogen) atoms. The summed E-state index contributed by atoms with van der Waals surface area (Å²) in [6.07, 6.45) is 0.550. The molecule has 0 unspecified atom stereocenters. The quantitative estimate of drug-likeness (QED) is 0.844. The molecule has 0 fully saturated rings. The molecule has 1 atom stereocenters. The van der Waals surface area contributed by atoms with Crippen LogP contribution in [-0.4, -0.2) is 21.0 Å². The minimum atomic E-state index is -1.79. The number of hydrogen-bond donors (Lipinski definition) is 1. The lowest BCUT2D eigenvalue weighted by atomic mass is 10.1. The molecule has 2 rings (SSSR count). The Bertz CT molecular complexity index is 581. The predicted octanol–water partition coefficient (Wildman–Crippen LogP) is 3.06. The van der Waals surface area contributed by atoms with Crippen LogP contribution in [0.4, 0.5) is 0 Å². The van der Waals surface area contributed by atoms with Crippen molar-refractivity contribution in [3.8, 4) is 0 Å². The van der Waals surface area contributed by atoms with Crippen molar-refractivity contribution in [2.24, 2.45) is 0 Å². The van der Waals surface area contributed by atoms with Crippen molar-refractivity contribution in [3.63, 3.8) is 0 Å². The summed E-state index contributed by atoms with van der Waals surface area (Å²) in [7, 11) is -0.0798. The molecule has 3 heteroatoms. The van der Waals surface area contributed by atoms with Crippen molar-refractivity contribution in [1.29, 1.82) is 0 Å². The Morgan fingerprint density at radius 2 is 1.52 bits per heavy atom. The van der Waals surface area contributed by atoms with E-state index < -0.39 is 8.07 Å². The lowest BCUT2D eigenvalue weighted by molar-refractivity contribution is -0.120. The SMILES string of the molecule is CNC(=O)C[C@@H](c1ccccc1)[Si](C)(C)c1ccccc1. The molecule has 0 heterocycles. The maximum Gasteiger partial charge on any atom is 0.220 e. The van der Waals surface area contributed by atoms with Crippen molar-refractivity contribution in [1.82, 2.24) is 5.32 Å². The second kappa shape index (κ2) is 6.72. The summed E-state index contributed by atoms with van der Waals surface area (Å²) >= 11 is 0. The molecule has 0 aromatic heterocycles. The Morgan fingerprint density at radius 1 is 1.00 bits per heavy atom. The van der Waals surface area contributed by atoms with Crippen molar-refractivity contribution in [2.45, 2.75) is 25.1 Å². The minimum Gasteiger partial charge on any atom is -0.359 e. The predicted molar refractivity (Wildman–Crippen MR) is 91.4 cm³/mol. The van der Waals surface area contributed by atoms with Crippen molar-refractivity contribution in [3.05, 3.63) is 66.2 Å². The van der Waals surface area contributed by atoms with E-state index in [9.17, 15) is 4.79 Å². The standard InChI is InChI=1S/C18H23NOSi/c1-19-18(20)14-17(15-10-6-4-7-11-15)21(2,3)16-12-8-5-9-13-16/h4-13,17H,14H2,1-3H3,(H,19,20)/t17-/m0/s1. The van der Waals surface area contributed by atoms with Crippen LogP contribution in [0.3, 0.4) is 0 Å². The number of benzene rings is 2. The van der Waals surface area contributed by atoms with E-state index in [1.165, 1.54) is 10.8 Å². The Labute approximate surface area is 128 Å². The van der Waals surface area contributed by atoms with E-state index >= 15 is 0 Å². The molecule has 0 aliphatic rings. The fourth-order valence-electron chi connectivity index (χ4n) is 2.83. The van der Waals surface area contributed by atoms with Gasteiger partial charge >= 0.3 is 0 Å². The zero-order valence-electron chi connectivity index (χ0n) is 13.0. The van der Waals surface area contributed by atoms with Gasteiger partial charge in [0.2, 0.25) is 5.91 Å². The van der Waals surface area contributed by atoms with E-state index in [2.05, 4.69) is 66.9 Å². The largest absolute Gasteiger partial charge is 0.359 e. The van der Waals surface area contributed by atoms with E-state index in [4.69, 9.17) is 0 Å². The maximum atomic E-state index is 12.0. The van der Waals surface area contributed by atoms with Gasteiger partial charge in [-0.15, -0.1) is 0 Å². The Balaban J connectivity index is 2.41. The summed E-state index contributed by atoms with van der Waals surface area (Å²) in [5.74, 6) is 0.111. The van der Waals surface area contributed by atoms with Gasteiger partial charge in [0.1, 0.15) is 0 Å². The number of amides is 1. The first-order valence-corrected chi connectivity index (χ1v) is 10.4. The van der Waals surface area contributed by atoms with Gasteiger partial charge in [0, 0.05) is 13.5 Å². The molecule has 0 aliphatic carbocycles. The summed E-state index contributed by atoms with van der Waals surface area (Å²) < 4.78 is 0. The first-order valence-electron chi connectivity index (χ1n) is 7.36. The highest BCUT2D eigenvalue weighted by Crippen LogP contribution is 2.30. The topological polar surface area (TPSA) is 29.1 Å². The van der Waals surface area contributed by atoms with Crippen LogP contribution in [0.5, 0.6) is 0 Å². The highest BCUT2D eigenvalue weighted by atomic mass is 28.3. The molecule has 110 valence electrons. The van der Waals surface area contributed by atoms with Gasteiger partial charge in [-0.1, -0.05) is 78.9 Å². The summed E-state index contributed by atoms with van der Waals surface area (Å²) in [4.78, 5) is 12.0. The van der Waals surface area contributed by atoms with Gasteiger partial charge in [0.25, 0.3) is 0 Å². The summed E-state index contributed by atoms with van der Waals surface area (Å²) in [5.41, 5.74) is 1.54. The molecular formula is C18H23NOSi. The van der Waals surface area contributed by atoms with Gasteiger partial charge in [-0.05, 0) is 11.1 Å². The molecule has 2 aromatic rings. The third kappa shape index (κ3) is 3.61. The molecule has 2 nitrogen and oxygen atoms in total. The molecule has 0 aliphatic heterocycles. The number of carbonyl (C=O) groups is 1. The summed E-state index contributed by atoms with van der Waals surface area (Å²) in [6, 6.07) is 21.1. The van der Waals surface area contributed by atoms with Crippen LogP contribution in [-0.2, 0) is 4.79 Å². The third-order valence-electron chi connectivity index (χ3n) is 4.26. The lowest BCUT2D eigenvalue weighted by Gasteiger charge is -2.33. The van der Waals surface area contributed by atoms with Crippen LogP contribution >= 0.6 is 0 Å². The molecule has 1 N–H and O–H groups in total. The molecule has 0 bridgehead atoms. The average molecular weight is 297 g/mol. The number of hydrogen-bond acceptors (Lipinski definition) is 1. The van der Waals surface area contributed by atoms with Crippen LogP contribution in [0.2, 0.25) is 13.1 Å². The first kappa shape index (κ1) is 15.5. The lowest BCUT2D eigenvalue weighted by Crippen LogP contribution is -2.49. The fraction of sp³-hybridized carbons (Fsp3) is 0.278. The summed E-state index contributed by atoms with van der Waals surface area (Å²) in [5, 5.41) is 4.16. The van der Waals surface area contributed by atoms with E-state index in [1.807, 2.05) is 12.1 Å². The van der Waals surface area contributed by atoms with Gasteiger partial charge in [-0.3, -0.25) is 4.79 Å². The molecule has 0 saturated heterocycles. The number of rotatable bonds is 5. The third-order valence-corrected chi connectivity index (χ3v) is 8.36. The first-order chi connectivity index (χ1) is 10.1. The van der Waals surface area contributed by atoms with E-state index in [1.54, 1.807) is 7.05 Å². The van der Waals surface area contributed by atoms with Crippen LogP contribution in [0.1, 0.15) is 17.5 Å². The molecule has 0 saturated carbocycles. The fourth-order valence-corrected chi connectivity index (χ4v) is 6.01. The molecule has 0 spiro atoms. The smallest absolute Gasteiger partial charge is 0.220 e. The number of nitrogens with one attached hydrogen (secondary N) is 1. The number of carbonyl (C=O) groups excluding carboxylic acids is 1. The molecule has 1 amide bonds. The Kier molecular flexibility index (Phi) is 4.97. The van der Waals surface area contributed by atoms with Crippen LogP contribution in [0.25, 0.3) is 0 Å². The second-order valence-electron chi connectivity index (χ2n) is 5.93. The van der Waals surface area contributed by atoms with Crippen LogP contribution in [0.15, 0.2) is 60.7 Å². The van der Waals surface area contributed by atoms with E-state index in [0.29, 0.717) is 6.42 Å². The van der Waals surface area contributed by atoms with E-state index in [-0.39, 0.29) is 11.4 Å². The monoisotopic (exact) mass is 297 g/mol. The van der Waals surface area contributed by atoms with Crippen molar-refractivity contribution >= 4 is 19.2 Å². The molecule has 2 aromatic carbocycles. The highest BCUT2D eigenvalue weighted by Gasteiger charge is 2.35.